The van der Waals surface area contributed by atoms with E-state index in [1.54, 1.807) is 25.1 Å². The molecule has 7 N–H and O–H groups in total. The van der Waals surface area contributed by atoms with Gasteiger partial charge in [0.1, 0.15) is 22.8 Å². The van der Waals surface area contributed by atoms with Crippen molar-refractivity contribution in [2.45, 2.75) is 88.9 Å². The molecule has 0 aromatic heterocycles. The van der Waals surface area contributed by atoms with Gasteiger partial charge in [0.25, 0.3) is 5.91 Å². The summed E-state index contributed by atoms with van der Waals surface area (Å²) in [5, 5.41) is 49.7. The van der Waals surface area contributed by atoms with Crippen molar-refractivity contribution in [2.75, 3.05) is 33.1 Å². The first-order valence-corrected chi connectivity index (χ1v) is 17.0. The standard InChI is InChI=1S/C36H50N4O7/c1-7-17-8-18-10-19(9-17)15-35(2,14-18)38-16-21-13-24(41)26-22(28(21)39(3)4)11-20-12-23-29(40(5)6)31(43)27(34(37)46)33(45)36(23,47)32(44)25(20)30(26)42/h13,17-20,23,29,38,41,43-44,47H,7-12,14-16H2,1-6H3,(H2,37,46)/t17?,18?,19?,20-,23-,29-,35?,36-/m0/s1. The zero-order valence-electron chi connectivity index (χ0n) is 28.4. The normalized spacial score (nSPS) is 35.1. The van der Waals surface area contributed by atoms with E-state index >= 15 is 0 Å². The molecule has 0 saturated heterocycles. The van der Waals surface area contributed by atoms with E-state index in [2.05, 4.69) is 19.2 Å². The molecule has 256 valence electrons. The Labute approximate surface area is 276 Å². The van der Waals surface area contributed by atoms with Crippen LogP contribution in [0.15, 0.2) is 28.7 Å². The number of carbonyl (C=O) groups is 3. The number of nitrogens with zero attached hydrogens (tertiary/aromatic N) is 2. The van der Waals surface area contributed by atoms with E-state index in [9.17, 15) is 34.8 Å². The van der Waals surface area contributed by atoms with E-state index in [1.165, 1.54) is 25.7 Å². The zero-order valence-corrected chi connectivity index (χ0v) is 28.4. The number of benzene rings is 1. The molecule has 5 aliphatic rings. The van der Waals surface area contributed by atoms with Crippen LogP contribution < -0.4 is 16.0 Å². The molecule has 1 aromatic rings. The number of aliphatic hydroxyl groups is 3. The average molecular weight is 651 g/mol. The number of amides is 1. The number of carbonyl (C=O) groups excluding carboxylic acids is 3. The Morgan fingerprint density at radius 3 is 2.23 bits per heavy atom. The maximum absolute atomic E-state index is 14.2. The fourth-order valence-corrected chi connectivity index (χ4v) is 10.2. The van der Waals surface area contributed by atoms with Crippen molar-refractivity contribution in [2.24, 2.45) is 35.3 Å². The van der Waals surface area contributed by atoms with Gasteiger partial charge < -0.3 is 36.4 Å². The zero-order chi connectivity index (χ0) is 34.3. The minimum Gasteiger partial charge on any atom is -0.510 e. The van der Waals surface area contributed by atoms with Crippen LogP contribution in [0.25, 0.3) is 0 Å². The number of hydrogen-bond donors (Lipinski definition) is 6. The van der Waals surface area contributed by atoms with E-state index in [4.69, 9.17) is 5.73 Å². The number of allylic oxidation sites excluding steroid dienone is 1. The van der Waals surface area contributed by atoms with Crippen LogP contribution in [0, 0.1) is 29.6 Å². The van der Waals surface area contributed by atoms with Gasteiger partial charge >= 0.3 is 0 Å². The van der Waals surface area contributed by atoms with E-state index in [1.807, 2.05) is 19.0 Å². The molecule has 0 aliphatic heterocycles. The van der Waals surface area contributed by atoms with E-state index in [-0.39, 0.29) is 35.3 Å². The first-order valence-electron chi connectivity index (χ1n) is 17.0. The van der Waals surface area contributed by atoms with Gasteiger partial charge in [-0.15, -0.1) is 0 Å². The number of aliphatic hydroxyl groups excluding tert-OH is 2. The first kappa shape index (κ1) is 33.5. The number of nitrogens with one attached hydrogen (secondary N) is 1. The lowest BCUT2D eigenvalue weighted by Crippen LogP contribution is -2.63. The molecule has 2 fully saturated rings. The molecule has 11 nitrogen and oxygen atoms in total. The monoisotopic (exact) mass is 650 g/mol. The summed E-state index contributed by atoms with van der Waals surface area (Å²) >= 11 is 0. The SMILES string of the molecule is CCC1CC2CC(C1)CC(C)(NCc1cc(O)c3c(c1N(C)C)C[C@H]1C[C@H]4[C@H](N(C)C)C(O)=C(C(N)=O)C(=O)[C@@]4(O)C(O)=C1C3=O)C2. The summed E-state index contributed by atoms with van der Waals surface area (Å²) in [7, 11) is 7.04. The van der Waals surface area contributed by atoms with Crippen LogP contribution in [0.4, 0.5) is 5.69 Å². The van der Waals surface area contributed by atoms with Crippen molar-refractivity contribution < 1.29 is 34.8 Å². The van der Waals surface area contributed by atoms with E-state index < -0.39 is 58.0 Å². The number of fused-ring (bicyclic) bond motifs is 5. The van der Waals surface area contributed by atoms with Crippen molar-refractivity contribution in [1.82, 2.24) is 10.2 Å². The summed E-state index contributed by atoms with van der Waals surface area (Å²) in [4.78, 5) is 43.5. The van der Waals surface area contributed by atoms with Crippen LogP contribution in [-0.2, 0) is 22.6 Å². The van der Waals surface area contributed by atoms with Crippen LogP contribution >= 0.6 is 0 Å². The summed E-state index contributed by atoms with van der Waals surface area (Å²) in [6, 6.07) is 0.582. The Morgan fingerprint density at radius 1 is 1.04 bits per heavy atom. The smallest absolute Gasteiger partial charge is 0.255 e. The Bertz CT molecular complexity index is 1580. The van der Waals surface area contributed by atoms with Crippen molar-refractivity contribution in [3.05, 3.63) is 45.4 Å². The van der Waals surface area contributed by atoms with Gasteiger partial charge in [-0.05, 0) is 107 Å². The quantitative estimate of drug-likeness (QED) is 0.240. The fourth-order valence-electron chi connectivity index (χ4n) is 10.2. The molecule has 2 unspecified atom stereocenters. The van der Waals surface area contributed by atoms with Gasteiger partial charge in [0.15, 0.2) is 11.4 Å². The second-order valence-electron chi connectivity index (χ2n) is 15.7. The Hall–Kier alpha value is -3.41. The number of ketones is 2. The van der Waals surface area contributed by atoms with Gasteiger partial charge in [-0.25, -0.2) is 0 Å². The van der Waals surface area contributed by atoms with Crippen molar-refractivity contribution >= 4 is 23.2 Å². The van der Waals surface area contributed by atoms with Crippen molar-refractivity contribution in [3.8, 4) is 5.75 Å². The molecule has 0 spiro atoms. The van der Waals surface area contributed by atoms with Crippen LogP contribution in [0.5, 0.6) is 5.75 Å². The number of phenols is 1. The maximum atomic E-state index is 14.2. The molecule has 5 aliphatic carbocycles. The molecule has 6 atom stereocenters. The predicted molar refractivity (Wildman–Crippen MR) is 177 cm³/mol. The number of Topliss-reactive ketones (excluding diaryl/α,β-unsaturated/α-hetero) is 2. The fraction of sp³-hybridized carbons (Fsp3) is 0.639. The van der Waals surface area contributed by atoms with Gasteiger partial charge in [0.05, 0.1) is 11.6 Å². The van der Waals surface area contributed by atoms with E-state index in [0.29, 0.717) is 23.9 Å². The molecule has 1 amide bonds. The molecule has 6 rings (SSSR count). The van der Waals surface area contributed by atoms with Crippen molar-refractivity contribution in [1.29, 1.82) is 0 Å². The minimum absolute atomic E-state index is 0.0299. The number of nitrogens with two attached hydrogens (primary N) is 1. The number of hydrogen-bond acceptors (Lipinski definition) is 10. The first-order chi connectivity index (χ1) is 22.0. The molecule has 0 radical (unpaired) electrons. The average Bonchev–Trinajstić information content (AvgIpc) is 2.96. The minimum atomic E-state index is -2.65. The molecular formula is C36H50N4O7. The number of rotatable bonds is 7. The predicted octanol–water partition coefficient (Wildman–Crippen LogP) is 3.27. The Kier molecular flexibility index (Phi) is 8.29. The maximum Gasteiger partial charge on any atom is 0.255 e. The summed E-state index contributed by atoms with van der Waals surface area (Å²) in [5.41, 5.74) is 4.12. The lowest BCUT2D eigenvalue weighted by Gasteiger charge is -2.50. The molecule has 2 bridgehead atoms. The van der Waals surface area contributed by atoms with Crippen molar-refractivity contribution in [3.63, 3.8) is 0 Å². The summed E-state index contributed by atoms with van der Waals surface area (Å²) in [5.74, 6) is -4.26. The molecule has 1 aromatic carbocycles. The second kappa shape index (κ2) is 11.6. The van der Waals surface area contributed by atoms with Crippen LogP contribution in [0.2, 0.25) is 0 Å². The van der Waals surface area contributed by atoms with Gasteiger partial charge in [-0.1, -0.05) is 13.3 Å². The van der Waals surface area contributed by atoms with Crippen LogP contribution in [-0.4, -0.2) is 88.2 Å². The van der Waals surface area contributed by atoms with Crippen LogP contribution in [0.1, 0.15) is 80.3 Å². The highest BCUT2D eigenvalue weighted by Crippen LogP contribution is 2.54. The van der Waals surface area contributed by atoms with Gasteiger partial charge in [-0.3, -0.25) is 19.3 Å². The molecule has 0 heterocycles. The molecule has 2 saturated carbocycles. The van der Waals surface area contributed by atoms with Gasteiger partial charge in [0, 0.05) is 43.4 Å². The third kappa shape index (κ3) is 5.16. The second-order valence-corrected chi connectivity index (χ2v) is 15.7. The summed E-state index contributed by atoms with van der Waals surface area (Å²) in [6.07, 6.45) is 7.64. The third-order valence-corrected chi connectivity index (χ3v) is 12.0. The highest BCUT2D eigenvalue weighted by Gasteiger charge is 2.63. The van der Waals surface area contributed by atoms with Gasteiger partial charge in [-0.2, -0.15) is 0 Å². The number of primary amides is 1. The topological polar surface area (TPSA) is 177 Å². The highest BCUT2D eigenvalue weighted by molar-refractivity contribution is 6.24. The lowest BCUT2D eigenvalue weighted by molar-refractivity contribution is -0.148. The molecule has 11 heteroatoms. The molecule has 47 heavy (non-hydrogen) atoms. The number of phenolic OH excluding ortho intramolecular Hbond substituents is 1. The highest BCUT2D eigenvalue weighted by atomic mass is 16.3. The number of anilines is 1. The summed E-state index contributed by atoms with van der Waals surface area (Å²) < 4.78 is 0. The number of likely N-dealkylation sites (N-methyl/N-ethyl adjacent to an activating group) is 1. The Balaban J connectivity index is 1.38. The summed E-state index contributed by atoms with van der Waals surface area (Å²) in [6.45, 7) is 5.10. The van der Waals surface area contributed by atoms with Gasteiger partial charge in [0.2, 0.25) is 5.78 Å². The number of aromatic hydroxyl groups is 1. The van der Waals surface area contributed by atoms with Crippen LogP contribution in [0.3, 0.4) is 0 Å². The third-order valence-electron chi connectivity index (χ3n) is 12.0. The largest absolute Gasteiger partial charge is 0.510 e. The Morgan fingerprint density at radius 2 is 1.68 bits per heavy atom. The molecular weight excluding hydrogens is 600 g/mol. The van der Waals surface area contributed by atoms with E-state index in [0.717, 1.165) is 30.0 Å². The lowest BCUT2D eigenvalue weighted by atomic mass is 9.58.